The highest BCUT2D eigenvalue weighted by Crippen LogP contribution is 2.38. The van der Waals surface area contributed by atoms with Gasteiger partial charge in [-0.15, -0.1) is 0 Å². The number of alkyl halides is 3. The number of imide groups is 1. The molecule has 1 aliphatic rings. The highest BCUT2D eigenvalue weighted by atomic mass is 19.4. The number of carbonyl (C=O) groups is 2. The quantitative estimate of drug-likeness (QED) is 0.569. The van der Waals surface area contributed by atoms with Gasteiger partial charge in [0.25, 0.3) is 5.91 Å². The molecule has 7 nitrogen and oxygen atoms in total. The normalized spacial score (nSPS) is 17.5. The van der Waals surface area contributed by atoms with E-state index >= 15 is 0 Å². The molecule has 2 aromatic rings. The second kappa shape index (κ2) is 7.69. The van der Waals surface area contributed by atoms with E-state index in [0.717, 1.165) is 4.90 Å². The van der Waals surface area contributed by atoms with Gasteiger partial charge >= 0.3 is 12.2 Å². The number of halogens is 3. The van der Waals surface area contributed by atoms with Gasteiger partial charge in [0.05, 0.1) is 12.0 Å². The van der Waals surface area contributed by atoms with Crippen molar-refractivity contribution in [1.29, 1.82) is 0 Å². The van der Waals surface area contributed by atoms with Crippen molar-refractivity contribution in [2.75, 3.05) is 13.2 Å². The second-order valence-corrected chi connectivity index (χ2v) is 6.56. The fraction of sp³-hybridized carbons (Fsp3) is 0.500. The molecule has 0 spiro atoms. The zero-order valence-corrected chi connectivity index (χ0v) is 15.4. The highest BCUT2D eigenvalue weighted by Gasteiger charge is 2.38. The summed E-state index contributed by atoms with van der Waals surface area (Å²) in [6.07, 6.45) is -3.08. The van der Waals surface area contributed by atoms with E-state index < -0.39 is 24.0 Å². The largest absolute Gasteiger partial charge is 0.493 e. The third-order valence-electron chi connectivity index (χ3n) is 4.48. The fourth-order valence-corrected chi connectivity index (χ4v) is 3.15. The number of nitrogens with one attached hydrogen (secondary N) is 1. The van der Waals surface area contributed by atoms with E-state index in [-0.39, 0.29) is 30.0 Å². The molecule has 1 N–H and O–H groups in total. The van der Waals surface area contributed by atoms with Gasteiger partial charge < -0.3 is 14.6 Å². The van der Waals surface area contributed by atoms with Gasteiger partial charge in [0.2, 0.25) is 5.76 Å². The van der Waals surface area contributed by atoms with Crippen molar-refractivity contribution in [3.8, 4) is 5.75 Å². The van der Waals surface area contributed by atoms with Crippen molar-refractivity contribution in [3.63, 3.8) is 0 Å². The summed E-state index contributed by atoms with van der Waals surface area (Å²) in [5.41, 5.74) is 0.678. The first-order chi connectivity index (χ1) is 13.2. The molecule has 152 valence electrons. The molecule has 2 heterocycles. The molecule has 1 aromatic carbocycles. The highest BCUT2D eigenvalue weighted by molar-refractivity contribution is 6.03. The van der Waals surface area contributed by atoms with Crippen molar-refractivity contribution in [2.45, 2.75) is 45.3 Å². The van der Waals surface area contributed by atoms with E-state index in [1.165, 1.54) is 12.1 Å². The van der Waals surface area contributed by atoms with Crippen molar-refractivity contribution in [1.82, 2.24) is 15.4 Å². The average molecular weight is 399 g/mol. The molecule has 1 saturated heterocycles. The number of amides is 3. The Morgan fingerprint density at radius 3 is 2.68 bits per heavy atom. The van der Waals surface area contributed by atoms with Crippen LogP contribution in [0, 0.1) is 0 Å². The van der Waals surface area contributed by atoms with E-state index in [1.807, 2.05) is 6.92 Å². The van der Waals surface area contributed by atoms with Crippen LogP contribution in [0.4, 0.5) is 18.0 Å². The molecule has 0 bridgehead atoms. The van der Waals surface area contributed by atoms with Crippen molar-refractivity contribution in [3.05, 3.63) is 23.5 Å². The van der Waals surface area contributed by atoms with Gasteiger partial charge in [0, 0.05) is 12.1 Å². The summed E-state index contributed by atoms with van der Waals surface area (Å²) in [5, 5.41) is 6.02. The number of benzene rings is 1. The Morgan fingerprint density at radius 2 is 2.07 bits per heavy atom. The van der Waals surface area contributed by atoms with Crippen LogP contribution in [0.15, 0.2) is 16.7 Å². The summed E-state index contributed by atoms with van der Waals surface area (Å²) in [4.78, 5) is 24.6. The minimum atomic E-state index is -4.62. The molecule has 1 fully saturated rings. The number of ether oxygens (including phenoxy) is 1. The number of hydrogen-bond acceptors (Lipinski definition) is 5. The first-order valence-corrected chi connectivity index (χ1v) is 8.97. The zero-order valence-electron chi connectivity index (χ0n) is 15.4. The second-order valence-electron chi connectivity index (χ2n) is 6.56. The molecule has 0 radical (unpaired) electrons. The fourth-order valence-electron chi connectivity index (χ4n) is 3.15. The summed E-state index contributed by atoms with van der Waals surface area (Å²) < 4.78 is 49.3. The Kier molecular flexibility index (Phi) is 5.48. The summed E-state index contributed by atoms with van der Waals surface area (Å²) in [5.74, 6) is -0.999. The first-order valence-electron chi connectivity index (χ1n) is 8.97. The van der Waals surface area contributed by atoms with Gasteiger partial charge in [-0.3, -0.25) is 9.69 Å². The molecule has 28 heavy (non-hydrogen) atoms. The maximum absolute atomic E-state index is 13.0. The van der Waals surface area contributed by atoms with Crippen molar-refractivity contribution in [2.24, 2.45) is 0 Å². The minimum absolute atomic E-state index is 0.100. The summed E-state index contributed by atoms with van der Waals surface area (Å²) in [6, 6.07) is 1.77. The summed E-state index contributed by atoms with van der Waals surface area (Å²) in [6.45, 7) is 3.89. The number of hydrogen-bond donors (Lipinski definition) is 1. The van der Waals surface area contributed by atoms with E-state index in [4.69, 9.17) is 4.74 Å². The smallest absolute Gasteiger partial charge is 0.453 e. The van der Waals surface area contributed by atoms with Gasteiger partial charge in [-0.05, 0) is 31.9 Å². The molecule has 0 aliphatic carbocycles. The molecule has 3 amide bonds. The minimum Gasteiger partial charge on any atom is -0.493 e. The zero-order chi connectivity index (χ0) is 20.5. The first kappa shape index (κ1) is 20.0. The van der Waals surface area contributed by atoms with E-state index in [9.17, 15) is 22.8 Å². The molecular weight excluding hydrogens is 379 g/mol. The van der Waals surface area contributed by atoms with Crippen LogP contribution in [0.3, 0.4) is 0 Å². The molecular formula is C18H20F3N3O4. The van der Waals surface area contributed by atoms with Crippen LogP contribution in [-0.4, -0.2) is 41.2 Å². The molecule has 10 heteroatoms. The number of fused-ring (bicyclic) bond motifs is 1. The van der Waals surface area contributed by atoms with Gasteiger partial charge in [-0.25, -0.2) is 4.79 Å². The van der Waals surface area contributed by atoms with Gasteiger partial charge in [-0.2, -0.15) is 13.2 Å². The SMILES string of the molecule is CCCc1c(OCCCN2C(=O)NC(C)C2=O)ccc2c(C(F)(F)F)onc12. The predicted octanol–water partition coefficient (Wildman–Crippen LogP) is 3.51. The van der Waals surface area contributed by atoms with Gasteiger partial charge in [-0.1, -0.05) is 18.5 Å². The Bertz CT molecular complexity index is 894. The number of rotatable bonds is 7. The molecule has 0 saturated carbocycles. The third-order valence-corrected chi connectivity index (χ3v) is 4.48. The van der Waals surface area contributed by atoms with Gasteiger partial charge in [0.15, 0.2) is 0 Å². The maximum Gasteiger partial charge on any atom is 0.453 e. The Hall–Kier alpha value is -2.78. The lowest BCUT2D eigenvalue weighted by Gasteiger charge is -2.14. The van der Waals surface area contributed by atoms with E-state index in [2.05, 4.69) is 15.0 Å². The monoisotopic (exact) mass is 399 g/mol. The third kappa shape index (κ3) is 3.76. The standard InChI is InChI=1S/C18H20F3N3O4/c1-3-5-11-13(7-6-12-14(11)23-28-15(12)18(19,20)21)27-9-4-8-24-16(25)10(2)22-17(24)26/h6-7,10H,3-5,8-9H2,1-2H3,(H,22,26). The molecule has 1 aromatic heterocycles. The van der Waals surface area contributed by atoms with Crippen LogP contribution in [-0.2, 0) is 17.4 Å². The molecule has 1 unspecified atom stereocenters. The number of carbonyl (C=O) groups excluding carboxylic acids is 2. The lowest BCUT2D eigenvalue weighted by molar-refractivity contribution is -0.154. The predicted molar refractivity (Wildman–Crippen MR) is 92.8 cm³/mol. The summed E-state index contributed by atoms with van der Waals surface area (Å²) in [7, 11) is 0. The van der Waals surface area contributed by atoms with E-state index in [0.29, 0.717) is 30.6 Å². The lowest BCUT2D eigenvalue weighted by Crippen LogP contribution is -2.32. The average Bonchev–Trinajstić information content (AvgIpc) is 3.16. The van der Waals surface area contributed by atoms with Crippen LogP contribution >= 0.6 is 0 Å². The Morgan fingerprint density at radius 1 is 1.32 bits per heavy atom. The number of nitrogens with zero attached hydrogens (tertiary/aromatic N) is 2. The lowest BCUT2D eigenvalue weighted by atomic mass is 10.0. The molecule has 3 rings (SSSR count). The topological polar surface area (TPSA) is 84.7 Å². The number of urea groups is 1. The van der Waals surface area contributed by atoms with Crippen LogP contribution in [0.1, 0.15) is 38.0 Å². The maximum atomic E-state index is 13.0. The Balaban J connectivity index is 1.71. The van der Waals surface area contributed by atoms with Crippen LogP contribution < -0.4 is 10.1 Å². The van der Waals surface area contributed by atoms with Gasteiger partial charge in [0.1, 0.15) is 17.3 Å². The van der Waals surface area contributed by atoms with E-state index in [1.54, 1.807) is 6.92 Å². The van der Waals surface area contributed by atoms with Crippen molar-refractivity contribution >= 4 is 22.8 Å². The van der Waals surface area contributed by atoms with Crippen LogP contribution in [0.25, 0.3) is 10.9 Å². The van der Waals surface area contributed by atoms with Crippen molar-refractivity contribution < 1.29 is 32.0 Å². The molecule has 1 atom stereocenters. The number of aryl methyl sites for hydroxylation is 1. The molecule has 1 aliphatic heterocycles. The Labute approximate surface area is 158 Å². The van der Waals surface area contributed by atoms with Crippen LogP contribution in [0.5, 0.6) is 5.75 Å². The van der Waals surface area contributed by atoms with Crippen LogP contribution in [0.2, 0.25) is 0 Å². The summed E-state index contributed by atoms with van der Waals surface area (Å²) >= 11 is 0. The number of aromatic nitrogens is 1.